The predicted octanol–water partition coefficient (Wildman–Crippen LogP) is 3.77. The Labute approximate surface area is 117 Å². The van der Waals surface area contributed by atoms with E-state index in [9.17, 15) is 4.79 Å². The van der Waals surface area contributed by atoms with E-state index in [0.29, 0.717) is 6.04 Å². The minimum atomic E-state index is 0.182. The highest BCUT2D eigenvalue weighted by molar-refractivity contribution is 9.09. The summed E-state index contributed by atoms with van der Waals surface area (Å²) in [4.78, 5) is 14.6. The van der Waals surface area contributed by atoms with E-state index in [1.54, 1.807) is 0 Å². The third-order valence-electron chi connectivity index (χ3n) is 3.61. The van der Waals surface area contributed by atoms with Crippen LogP contribution in [0.2, 0.25) is 0 Å². The van der Waals surface area contributed by atoms with Crippen molar-refractivity contribution in [3.8, 4) is 0 Å². The van der Waals surface area contributed by atoms with Crippen molar-refractivity contribution in [1.29, 1.82) is 0 Å². The van der Waals surface area contributed by atoms with Gasteiger partial charge in [-0.1, -0.05) is 46.5 Å². The number of likely N-dealkylation sites (tertiary alicyclic amines) is 1. The quantitative estimate of drug-likeness (QED) is 0.761. The second-order valence-electron chi connectivity index (χ2n) is 5.02. The van der Waals surface area contributed by atoms with Crippen LogP contribution in [-0.2, 0) is 0 Å². The lowest BCUT2D eigenvalue weighted by atomic mass is 10.1. The van der Waals surface area contributed by atoms with Crippen molar-refractivity contribution >= 4 is 21.8 Å². The summed E-state index contributed by atoms with van der Waals surface area (Å²) in [6, 6.07) is 8.24. The standard InChI is InChI=1S/C15H20BrNO/c1-12-6-8-13(9-7-12)15(18)17-10-4-2-3-5-14(17)11-16/h6-9,14H,2-5,10-11H2,1H3. The number of alkyl halides is 1. The van der Waals surface area contributed by atoms with Crippen LogP contribution in [0.4, 0.5) is 0 Å². The molecule has 2 rings (SSSR count). The summed E-state index contributed by atoms with van der Waals surface area (Å²) in [5, 5.41) is 0.880. The van der Waals surface area contributed by atoms with E-state index in [-0.39, 0.29) is 5.91 Å². The number of hydrogen-bond acceptors (Lipinski definition) is 1. The third-order valence-corrected chi connectivity index (χ3v) is 4.36. The fourth-order valence-corrected chi connectivity index (χ4v) is 3.14. The Kier molecular flexibility index (Phi) is 4.81. The van der Waals surface area contributed by atoms with E-state index in [2.05, 4.69) is 15.9 Å². The Bertz CT molecular complexity index is 401. The highest BCUT2D eigenvalue weighted by Crippen LogP contribution is 2.20. The smallest absolute Gasteiger partial charge is 0.254 e. The molecule has 0 bridgehead atoms. The van der Waals surface area contributed by atoms with Gasteiger partial charge >= 0.3 is 0 Å². The Balaban J connectivity index is 2.17. The van der Waals surface area contributed by atoms with Gasteiger partial charge in [0.05, 0.1) is 0 Å². The van der Waals surface area contributed by atoms with Crippen molar-refractivity contribution in [1.82, 2.24) is 4.90 Å². The zero-order valence-electron chi connectivity index (χ0n) is 10.9. The van der Waals surface area contributed by atoms with Crippen LogP contribution in [0.1, 0.15) is 41.6 Å². The molecule has 0 saturated carbocycles. The summed E-state index contributed by atoms with van der Waals surface area (Å²) in [7, 11) is 0. The van der Waals surface area contributed by atoms with Crippen LogP contribution in [0.25, 0.3) is 0 Å². The van der Waals surface area contributed by atoms with Crippen LogP contribution in [-0.4, -0.2) is 28.7 Å². The largest absolute Gasteiger partial charge is 0.335 e. The molecule has 0 N–H and O–H groups in total. The van der Waals surface area contributed by atoms with E-state index in [1.165, 1.54) is 18.4 Å². The SMILES string of the molecule is Cc1ccc(C(=O)N2CCCCCC2CBr)cc1. The van der Waals surface area contributed by atoms with Crippen molar-refractivity contribution in [2.45, 2.75) is 38.6 Å². The predicted molar refractivity (Wildman–Crippen MR) is 78.3 cm³/mol. The Morgan fingerprint density at radius 2 is 2.00 bits per heavy atom. The number of carbonyl (C=O) groups excluding carboxylic acids is 1. The van der Waals surface area contributed by atoms with Gasteiger partial charge in [-0.25, -0.2) is 0 Å². The van der Waals surface area contributed by atoms with Crippen LogP contribution >= 0.6 is 15.9 Å². The maximum Gasteiger partial charge on any atom is 0.254 e. The summed E-state index contributed by atoms with van der Waals surface area (Å²) in [6.07, 6.45) is 4.71. The molecule has 98 valence electrons. The summed E-state index contributed by atoms with van der Waals surface area (Å²) in [5.74, 6) is 0.182. The lowest BCUT2D eigenvalue weighted by molar-refractivity contribution is 0.0702. The molecule has 1 fully saturated rings. The number of aryl methyl sites for hydroxylation is 1. The maximum absolute atomic E-state index is 12.5. The van der Waals surface area contributed by atoms with Gasteiger partial charge in [0.25, 0.3) is 5.91 Å². The van der Waals surface area contributed by atoms with Gasteiger partial charge in [-0.2, -0.15) is 0 Å². The first-order valence-corrected chi connectivity index (χ1v) is 7.78. The van der Waals surface area contributed by atoms with Crippen LogP contribution in [0, 0.1) is 6.92 Å². The zero-order chi connectivity index (χ0) is 13.0. The normalized spacial score (nSPS) is 20.6. The molecule has 3 heteroatoms. The molecular formula is C15H20BrNO. The van der Waals surface area contributed by atoms with Gasteiger partial charge in [-0.05, 0) is 31.9 Å². The van der Waals surface area contributed by atoms with Gasteiger partial charge in [-0.3, -0.25) is 4.79 Å². The molecule has 1 unspecified atom stereocenters. The second-order valence-corrected chi connectivity index (χ2v) is 5.67. The minimum Gasteiger partial charge on any atom is -0.335 e. The number of hydrogen-bond donors (Lipinski definition) is 0. The summed E-state index contributed by atoms with van der Waals surface area (Å²) >= 11 is 3.54. The Morgan fingerprint density at radius 3 is 2.67 bits per heavy atom. The first-order chi connectivity index (χ1) is 8.72. The topological polar surface area (TPSA) is 20.3 Å². The number of carbonyl (C=O) groups is 1. The molecule has 0 radical (unpaired) electrons. The van der Waals surface area contributed by atoms with Crippen LogP contribution in [0.15, 0.2) is 24.3 Å². The lowest BCUT2D eigenvalue weighted by Crippen LogP contribution is -2.41. The van der Waals surface area contributed by atoms with Crippen molar-refractivity contribution in [3.05, 3.63) is 35.4 Å². The van der Waals surface area contributed by atoms with Gasteiger partial charge < -0.3 is 4.90 Å². The summed E-state index contributed by atoms with van der Waals surface area (Å²) in [5.41, 5.74) is 2.01. The van der Waals surface area contributed by atoms with Crippen molar-refractivity contribution in [2.75, 3.05) is 11.9 Å². The molecule has 1 heterocycles. The van der Waals surface area contributed by atoms with Gasteiger partial charge in [0.15, 0.2) is 0 Å². The van der Waals surface area contributed by atoms with Crippen molar-refractivity contribution < 1.29 is 4.79 Å². The number of benzene rings is 1. The number of amides is 1. The maximum atomic E-state index is 12.5. The van der Waals surface area contributed by atoms with E-state index in [1.807, 2.05) is 36.1 Å². The van der Waals surface area contributed by atoms with Crippen molar-refractivity contribution in [2.24, 2.45) is 0 Å². The molecule has 1 aliphatic heterocycles. The Morgan fingerprint density at radius 1 is 1.28 bits per heavy atom. The molecule has 18 heavy (non-hydrogen) atoms. The van der Waals surface area contributed by atoms with Crippen LogP contribution in [0.3, 0.4) is 0 Å². The second kappa shape index (κ2) is 6.37. The summed E-state index contributed by atoms with van der Waals surface area (Å²) in [6.45, 7) is 2.93. The zero-order valence-corrected chi connectivity index (χ0v) is 12.4. The molecule has 1 aliphatic rings. The molecule has 0 aromatic heterocycles. The average Bonchev–Trinajstić information content (AvgIpc) is 2.63. The first-order valence-electron chi connectivity index (χ1n) is 6.66. The van der Waals surface area contributed by atoms with Gasteiger partial charge in [-0.15, -0.1) is 0 Å². The molecule has 2 nitrogen and oxygen atoms in total. The molecule has 1 aromatic rings. The van der Waals surface area contributed by atoms with E-state index in [0.717, 1.165) is 30.3 Å². The highest BCUT2D eigenvalue weighted by Gasteiger charge is 2.25. The van der Waals surface area contributed by atoms with E-state index >= 15 is 0 Å². The van der Waals surface area contributed by atoms with Gasteiger partial charge in [0, 0.05) is 23.5 Å². The molecule has 0 aliphatic carbocycles. The average molecular weight is 310 g/mol. The highest BCUT2D eigenvalue weighted by atomic mass is 79.9. The van der Waals surface area contributed by atoms with Crippen LogP contribution in [0.5, 0.6) is 0 Å². The molecule has 1 atom stereocenters. The minimum absolute atomic E-state index is 0.182. The summed E-state index contributed by atoms with van der Waals surface area (Å²) < 4.78 is 0. The lowest BCUT2D eigenvalue weighted by Gasteiger charge is -2.28. The van der Waals surface area contributed by atoms with E-state index in [4.69, 9.17) is 0 Å². The fraction of sp³-hybridized carbons (Fsp3) is 0.533. The molecule has 0 spiro atoms. The Hall–Kier alpha value is -0.830. The molecule has 1 saturated heterocycles. The third kappa shape index (κ3) is 3.14. The number of nitrogens with zero attached hydrogens (tertiary/aromatic N) is 1. The first kappa shape index (κ1) is 13.6. The van der Waals surface area contributed by atoms with Crippen molar-refractivity contribution in [3.63, 3.8) is 0 Å². The fourth-order valence-electron chi connectivity index (χ4n) is 2.47. The van der Waals surface area contributed by atoms with Crippen LogP contribution < -0.4 is 0 Å². The van der Waals surface area contributed by atoms with E-state index < -0.39 is 0 Å². The molecular weight excluding hydrogens is 290 g/mol. The monoisotopic (exact) mass is 309 g/mol. The van der Waals surface area contributed by atoms with Gasteiger partial charge in [0.1, 0.15) is 0 Å². The molecule has 1 amide bonds. The molecule has 1 aromatic carbocycles. The number of rotatable bonds is 2. The number of halogens is 1. The van der Waals surface area contributed by atoms with Gasteiger partial charge in [0.2, 0.25) is 0 Å².